The maximum atomic E-state index is 6.22. The third-order valence-electron chi connectivity index (χ3n) is 3.38. The van der Waals surface area contributed by atoms with Gasteiger partial charge < -0.3 is 5.73 Å². The predicted molar refractivity (Wildman–Crippen MR) is 88.7 cm³/mol. The number of anilines is 1. The van der Waals surface area contributed by atoms with Crippen molar-refractivity contribution in [2.24, 2.45) is 7.05 Å². The van der Waals surface area contributed by atoms with E-state index in [1.54, 1.807) is 17.1 Å². The maximum Gasteiger partial charge on any atom is 0.129 e. The first kappa shape index (κ1) is 13.8. The van der Waals surface area contributed by atoms with Gasteiger partial charge in [-0.05, 0) is 48.4 Å². The standard InChI is InChI=1S/C16H15BrN4/c1-10-7-12(9-13(17)8-10)15-14(16(18)21(2)20-15)11-3-5-19-6-4-11/h3-9H,18H2,1-2H3. The number of benzene rings is 1. The Bertz CT molecular complexity index is 773. The fraction of sp³-hybridized carbons (Fsp3) is 0.125. The van der Waals surface area contributed by atoms with E-state index in [0.717, 1.165) is 26.9 Å². The molecule has 2 heterocycles. The number of rotatable bonds is 2. The zero-order valence-corrected chi connectivity index (χ0v) is 13.4. The van der Waals surface area contributed by atoms with E-state index in [0.29, 0.717) is 5.82 Å². The van der Waals surface area contributed by atoms with Crippen molar-refractivity contribution in [3.05, 3.63) is 52.8 Å². The molecule has 1 aromatic carbocycles. The van der Waals surface area contributed by atoms with Gasteiger partial charge in [0.1, 0.15) is 11.5 Å². The summed E-state index contributed by atoms with van der Waals surface area (Å²) in [5, 5.41) is 4.59. The normalized spacial score (nSPS) is 10.8. The van der Waals surface area contributed by atoms with Crippen LogP contribution in [0.2, 0.25) is 0 Å². The molecule has 0 aliphatic carbocycles. The van der Waals surface area contributed by atoms with Crippen molar-refractivity contribution in [3.8, 4) is 22.4 Å². The van der Waals surface area contributed by atoms with Crippen molar-refractivity contribution in [3.63, 3.8) is 0 Å². The zero-order valence-electron chi connectivity index (χ0n) is 11.8. The summed E-state index contributed by atoms with van der Waals surface area (Å²) in [6.07, 6.45) is 3.52. The number of nitrogen functional groups attached to an aromatic ring is 1. The van der Waals surface area contributed by atoms with Crippen LogP contribution in [0.5, 0.6) is 0 Å². The lowest BCUT2D eigenvalue weighted by Crippen LogP contribution is -1.97. The SMILES string of the molecule is Cc1cc(Br)cc(-c2nn(C)c(N)c2-c2ccncc2)c1. The highest BCUT2D eigenvalue weighted by Gasteiger charge is 2.17. The molecule has 106 valence electrons. The fourth-order valence-corrected chi connectivity index (χ4v) is 3.02. The highest BCUT2D eigenvalue weighted by Crippen LogP contribution is 2.36. The van der Waals surface area contributed by atoms with Gasteiger partial charge in [-0.1, -0.05) is 15.9 Å². The van der Waals surface area contributed by atoms with Crippen molar-refractivity contribution in [1.29, 1.82) is 0 Å². The molecule has 0 aliphatic rings. The monoisotopic (exact) mass is 342 g/mol. The van der Waals surface area contributed by atoms with Crippen LogP contribution in [-0.2, 0) is 7.05 Å². The average molecular weight is 343 g/mol. The highest BCUT2D eigenvalue weighted by molar-refractivity contribution is 9.10. The Morgan fingerprint density at radius 3 is 2.48 bits per heavy atom. The molecule has 21 heavy (non-hydrogen) atoms. The summed E-state index contributed by atoms with van der Waals surface area (Å²) in [6, 6.07) is 10.1. The van der Waals surface area contributed by atoms with Crippen molar-refractivity contribution in [1.82, 2.24) is 14.8 Å². The van der Waals surface area contributed by atoms with E-state index in [2.05, 4.69) is 51.1 Å². The molecule has 5 heteroatoms. The van der Waals surface area contributed by atoms with Crippen molar-refractivity contribution >= 4 is 21.7 Å². The van der Waals surface area contributed by atoms with Gasteiger partial charge in [-0.25, -0.2) is 0 Å². The van der Waals surface area contributed by atoms with E-state index >= 15 is 0 Å². The number of aromatic nitrogens is 3. The van der Waals surface area contributed by atoms with Gasteiger partial charge in [0, 0.05) is 29.5 Å². The van der Waals surface area contributed by atoms with E-state index in [-0.39, 0.29) is 0 Å². The number of hydrogen-bond acceptors (Lipinski definition) is 3. The third-order valence-corrected chi connectivity index (χ3v) is 3.83. The molecule has 2 N–H and O–H groups in total. The number of hydrogen-bond donors (Lipinski definition) is 1. The molecule has 4 nitrogen and oxygen atoms in total. The minimum Gasteiger partial charge on any atom is -0.383 e. The van der Waals surface area contributed by atoms with E-state index in [1.807, 2.05) is 19.2 Å². The van der Waals surface area contributed by atoms with Gasteiger partial charge in [0.05, 0.1) is 5.56 Å². The van der Waals surface area contributed by atoms with Crippen LogP contribution in [0.1, 0.15) is 5.56 Å². The molecule has 0 atom stereocenters. The topological polar surface area (TPSA) is 56.7 Å². The Balaban J connectivity index is 2.26. The molecule has 0 aliphatic heterocycles. The van der Waals surface area contributed by atoms with E-state index < -0.39 is 0 Å². The van der Waals surface area contributed by atoms with E-state index in [1.165, 1.54) is 5.56 Å². The minimum atomic E-state index is 0.647. The smallest absolute Gasteiger partial charge is 0.129 e. The van der Waals surface area contributed by atoms with Gasteiger partial charge >= 0.3 is 0 Å². The molecule has 0 saturated carbocycles. The molecule has 3 rings (SSSR count). The van der Waals surface area contributed by atoms with Gasteiger partial charge in [0.25, 0.3) is 0 Å². The second-order valence-corrected chi connectivity index (χ2v) is 5.90. The third kappa shape index (κ3) is 2.56. The Hall–Kier alpha value is -2.14. The number of pyridine rings is 1. The zero-order chi connectivity index (χ0) is 15.0. The molecule has 0 amide bonds. The molecule has 2 aromatic heterocycles. The van der Waals surface area contributed by atoms with Gasteiger partial charge in [-0.15, -0.1) is 0 Å². The second kappa shape index (κ2) is 5.33. The summed E-state index contributed by atoms with van der Waals surface area (Å²) in [6.45, 7) is 2.06. The summed E-state index contributed by atoms with van der Waals surface area (Å²) in [5.41, 5.74) is 11.3. The van der Waals surface area contributed by atoms with Crippen LogP contribution < -0.4 is 5.73 Å². The molecule has 0 saturated heterocycles. The lowest BCUT2D eigenvalue weighted by molar-refractivity contribution is 0.782. The van der Waals surface area contributed by atoms with Crippen LogP contribution in [0, 0.1) is 6.92 Å². The summed E-state index contributed by atoms with van der Waals surface area (Å²) >= 11 is 3.54. The van der Waals surface area contributed by atoms with Crippen LogP contribution in [0.25, 0.3) is 22.4 Å². The van der Waals surface area contributed by atoms with Crippen LogP contribution in [0.15, 0.2) is 47.2 Å². The maximum absolute atomic E-state index is 6.22. The number of nitrogens with two attached hydrogens (primary N) is 1. The first-order valence-electron chi connectivity index (χ1n) is 6.56. The molecular weight excluding hydrogens is 328 g/mol. The van der Waals surface area contributed by atoms with Gasteiger partial charge in [0.15, 0.2) is 0 Å². The Labute approximate surface area is 131 Å². The first-order chi connectivity index (χ1) is 10.1. The lowest BCUT2D eigenvalue weighted by Gasteiger charge is -2.06. The minimum absolute atomic E-state index is 0.647. The van der Waals surface area contributed by atoms with Gasteiger partial charge in [-0.3, -0.25) is 9.67 Å². The molecular formula is C16H15BrN4. The molecule has 0 spiro atoms. The van der Waals surface area contributed by atoms with Gasteiger partial charge in [0.2, 0.25) is 0 Å². The molecule has 0 radical (unpaired) electrons. The number of nitrogens with zero attached hydrogens (tertiary/aromatic N) is 3. The highest BCUT2D eigenvalue weighted by atomic mass is 79.9. The molecule has 0 unspecified atom stereocenters. The van der Waals surface area contributed by atoms with E-state index in [9.17, 15) is 0 Å². The number of aryl methyl sites for hydroxylation is 2. The van der Waals surface area contributed by atoms with Crippen molar-refractivity contribution in [2.75, 3.05) is 5.73 Å². The van der Waals surface area contributed by atoms with Crippen LogP contribution >= 0.6 is 15.9 Å². The predicted octanol–water partition coefficient (Wildman–Crippen LogP) is 3.80. The van der Waals surface area contributed by atoms with Crippen molar-refractivity contribution < 1.29 is 0 Å². The second-order valence-electron chi connectivity index (χ2n) is 4.99. The largest absolute Gasteiger partial charge is 0.383 e. The summed E-state index contributed by atoms with van der Waals surface area (Å²) in [5.74, 6) is 0.647. The van der Waals surface area contributed by atoms with E-state index in [4.69, 9.17) is 5.73 Å². The Kier molecular flexibility index (Phi) is 3.51. The molecule has 0 fully saturated rings. The summed E-state index contributed by atoms with van der Waals surface area (Å²) in [7, 11) is 1.86. The van der Waals surface area contributed by atoms with Gasteiger partial charge in [-0.2, -0.15) is 5.10 Å². The summed E-state index contributed by atoms with van der Waals surface area (Å²) in [4.78, 5) is 4.06. The fourth-order valence-electron chi connectivity index (χ4n) is 2.42. The first-order valence-corrected chi connectivity index (χ1v) is 7.36. The van der Waals surface area contributed by atoms with Crippen LogP contribution in [0.4, 0.5) is 5.82 Å². The number of halogens is 1. The Morgan fingerprint density at radius 2 is 1.81 bits per heavy atom. The molecule has 0 bridgehead atoms. The van der Waals surface area contributed by atoms with Crippen LogP contribution in [-0.4, -0.2) is 14.8 Å². The lowest BCUT2D eigenvalue weighted by atomic mass is 10.0. The van der Waals surface area contributed by atoms with Crippen LogP contribution in [0.3, 0.4) is 0 Å². The quantitative estimate of drug-likeness (QED) is 0.770. The van der Waals surface area contributed by atoms with Crippen molar-refractivity contribution in [2.45, 2.75) is 6.92 Å². The Morgan fingerprint density at radius 1 is 1.10 bits per heavy atom. The summed E-state index contributed by atoms with van der Waals surface area (Å²) < 4.78 is 2.74. The average Bonchev–Trinajstić information content (AvgIpc) is 2.75. The molecule has 3 aromatic rings.